The maximum atomic E-state index is 7.05. The van der Waals surface area contributed by atoms with Crippen LogP contribution in [0.3, 0.4) is 0 Å². The predicted molar refractivity (Wildman–Crippen MR) is 54.8 cm³/mol. The van der Waals surface area contributed by atoms with Gasteiger partial charge in [-0.05, 0) is 25.9 Å². The minimum atomic E-state index is 0.368. The Kier molecular flexibility index (Phi) is 2.46. The zero-order chi connectivity index (χ0) is 10.2. The van der Waals surface area contributed by atoms with Gasteiger partial charge in [0.05, 0.1) is 11.4 Å². The third-order valence-corrected chi connectivity index (χ3v) is 1.56. The van der Waals surface area contributed by atoms with Gasteiger partial charge in [0.25, 0.3) is 0 Å². The zero-order valence-electron chi connectivity index (χ0n) is 9.14. The lowest BCUT2D eigenvalue weighted by Crippen LogP contribution is -2.03. The Morgan fingerprint density at radius 1 is 1.08 bits per heavy atom. The Labute approximate surface area is 76.8 Å². The van der Waals surface area contributed by atoms with Crippen molar-refractivity contribution < 1.29 is 2.74 Å². The van der Waals surface area contributed by atoms with Gasteiger partial charge in [0, 0.05) is 15.8 Å². The van der Waals surface area contributed by atoms with Gasteiger partial charge in [0.15, 0.2) is 0 Å². The van der Waals surface area contributed by atoms with Crippen LogP contribution < -0.4 is 10.6 Å². The van der Waals surface area contributed by atoms with Crippen LogP contribution in [0.2, 0.25) is 0 Å². The summed E-state index contributed by atoms with van der Waals surface area (Å²) in [5, 5.41) is 6.32. The van der Waals surface area contributed by atoms with E-state index in [1.54, 1.807) is 0 Å². The van der Waals surface area contributed by atoms with E-state index in [-0.39, 0.29) is 0 Å². The van der Waals surface area contributed by atoms with Gasteiger partial charge < -0.3 is 10.6 Å². The summed E-state index contributed by atoms with van der Waals surface area (Å²) >= 11 is 0. The van der Waals surface area contributed by atoms with E-state index in [0.29, 0.717) is 26.9 Å². The fourth-order valence-electron chi connectivity index (χ4n) is 1.06. The average Bonchev–Trinajstić information content (AvgIpc) is 2.24. The molecule has 0 heterocycles. The Bertz CT molecular complexity index is 239. The summed E-state index contributed by atoms with van der Waals surface area (Å²) in [4.78, 5) is 0. The van der Waals surface area contributed by atoms with Gasteiger partial charge in [-0.25, -0.2) is 0 Å². The lowest BCUT2D eigenvalue weighted by Gasteiger charge is -2.10. The molecule has 0 amide bonds. The summed E-state index contributed by atoms with van der Waals surface area (Å²) in [6, 6.07) is 7.86. The van der Waals surface area contributed by atoms with E-state index in [1.807, 2.05) is 24.3 Å². The Morgan fingerprint density at radius 3 is 2.00 bits per heavy atom. The maximum absolute atomic E-state index is 7.05. The van der Waals surface area contributed by atoms with Gasteiger partial charge in [-0.1, -0.05) is 12.1 Å². The van der Waals surface area contributed by atoms with Crippen LogP contribution in [0.4, 0.5) is 11.4 Å². The minimum Gasteiger partial charge on any atom is -0.384 e. The number of anilines is 2. The first-order chi connectivity index (χ1) is 6.88. The van der Waals surface area contributed by atoms with E-state index in [4.69, 9.17) is 2.74 Å². The summed E-state index contributed by atoms with van der Waals surface area (Å²) in [7, 11) is 0. The van der Waals surface area contributed by atoms with Crippen LogP contribution in [0.1, 0.15) is 16.5 Å². The summed E-state index contributed by atoms with van der Waals surface area (Å²) in [5.74, 6) is 0. The molecule has 0 unspecified atom stereocenters. The van der Waals surface area contributed by atoms with Crippen LogP contribution in [0.5, 0.6) is 0 Å². The highest BCUT2D eigenvalue weighted by Gasteiger charge is 1.96. The van der Waals surface area contributed by atoms with E-state index in [1.165, 1.54) is 0 Å². The molecule has 0 aliphatic rings. The molecule has 0 bridgehead atoms. The van der Waals surface area contributed by atoms with Gasteiger partial charge in [-0.2, -0.15) is 0 Å². The molecule has 0 radical (unpaired) electrons. The molecule has 2 heteroatoms. The second-order valence-electron chi connectivity index (χ2n) is 2.40. The lowest BCUT2D eigenvalue weighted by atomic mass is 10.2. The number of benzene rings is 1. The van der Waals surface area contributed by atoms with Crippen LogP contribution in [0.15, 0.2) is 24.3 Å². The second-order valence-corrected chi connectivity index (χ2v) is 2.40. The van der Waals surface area contributed by atoms with Crippen LogP contribution in [0.25, 0.3) is 0 Å². The first-order valence-electron chi connectivity index (χ1n) is 5.45. The molecule has 0 aliphatic carbocycles. The fraction of sp³-hybridized carbons (Fsp3) is 0.400. The van der Waals surface area contributed by atoms with Crippen molar-refractivity contribution in [3.63, 3.8) is 0 Å². The molecule has 0 aliphatic heterocycles. The smallest absolute Gasteiger partial charge is 0.0575 e. The number of para-hydroxylation sites is 2. The first kappa shape index (κ1) is 6.35. The largest absolute Gasteiger partial charge is 0.384 e. The molecule has 0 aromatic heterocycles. The monoisotopic (exact) mass is 166 g/mol. The molecular weight excluding hydrogens is 148 g/mol. The summed E-state index contributed by atoms with van der Waals surface area (Å²) in [5.41, 5.74) is 2.02. The third-order valence-electron chi connectivity index (χ3n) is 1.56. The van der Waals surface area contributed by atoms with Gasteiger partial charge >= 0.3 is 0 Å². The van der Waals surface area contributed by atoms with Crippen molar-refractivity contribution in [2.45, 2.75) is 13.8 Å². The number of nitrogens with one attached hydrogen (secondary N) is 2. The Hall–Kier alpha value is -1.18. The molecule has 2 N–H and O–H groups in total. The standard InChI is InChI=1S/C10H16N2/c1-3-11-9-7-5-6-8-10(9)12-4-2/h5-8,11-12H,3-4H2,1-2H3/i1D,2D. The van der Waals surface area contributed by atoms with E-state index < -0.39 is 0 Å². The van der Waals surface area contributed by atoms with Crippen LogP contribution in [-0.4, -0.2) is 13.1 Å². The number of hydrogen-bond donors (Lipinski definition) is 2. The van der Waals surface area contributed by atoms with Crippen molar-refractivity contribution in [3.05, 3.63) is 24.3 Å². The molecule has 12 heavy (non-hydrogen) atoms. The van der Waals surface area contributed by atoms with Gasteiger partial charge in [0.1, 0.15) is 0 Å². The third kappa shape index (κ3) is 2.16. The fourth-order valence-corrected chi connectivity index (χ4v) is 1.06. The molecular formula is C10H16N2. The highest BCUT2D eigenvalue weighted by atomic mass is 14.9. The first-order valence-corrected chi connectivity index (χ1v) is 4.03. The highest BCUT2D eigenvalue weighted by molar-refractivity contribution is 5.68. The molecule has 0 saturated carbocycles. The molecule has 0 atom stereocenters. The van der Waals surface area contributed by atoms with Crippen LogP contribution >= 0.6 is 0 Å². The minimum absolute atomic E-state index is 0.368. The van der Waals surface area contributed by atoms with E-state index in [0.717, 1.165) is 11.4 Å². The summed E-state index contributed by atoms with van der Waals surface area (Å²) < 4.78 is 14.1. The Balaban J connectivity index is 2.60. The molecule has 0 fully saturated rings. The van der Waals surface area contributed by atoms with Gasteiger partial charge in [-0.3, -0.25) is 0 Å². The highest BCUT2D eigenvalue weighted by Crippen LogP contribution is 2.19. The van der Waals surface area contributed by atoms with Crippen molar-refractivity contribution in [2.75, 3.05) is 23.7 Å². The van der Waals surface area contributed by atoms with E-state index in [9.17, 15) is 0 Å². The van der Waals surface area contributed by atoms with Crippen molar-refractivity contribution in [1.82, 2.24) is 0 Å². The second kappa shape index (κ2) is 4.65. The zero-order valence-corrected chi connectivity index (χ0v) is 7.14. The molecule has 1 rings (SSSR count). The molecule has 0 spiro atoms. The SMILES string of the molecule is [2H]CCNc1ccccc1NCC[2H]. The summed E-state index contributed by atoms with van der Waals surface area (Å²) in [6.45, 7) is 2.04. The number of rotatable bonds is 4. The normalized spacial score (nSPS) is 11.7. The maximum Gasteiger partial charge on any atom is 0.0575 e. The topological polar surface area (TPSA) is 24.1 Å². The van der Waals surface area contributed by atoms with Gasteiger partial charge in [0.2, 0.25) is 0 Å². The van der Waals surface area contributed by atoms with Gasteiger partial charge in [-0.15, -0.1) is 0 Å². The Morgan fingerprint density at radius 2 is 1.58 bits per heavy atom. The predicted octanol–water partition coefficient (Wildman–Crippen LogP) is 2.55. The van der Waals surface area contributed by atoms with E-state index >= 15 is 0 Å². The summed E-state index contributed by atoms with van der Waals surface area (Å²) in [6.07, 6.45) is 0. The molecule has 0 saturated heterocycles. The van der Waals surface area contributed by atoms with Crippen LogP contribution in [-0.2, 0) is 0 Å². The van der Waals surface area contributed by atoms with E-state index in [2.05, 4.69) is 10.6 Å². The van der Waals surface area contributed by atoms with Crippen molar-refractivity contribution in [2.24, 2.45) is 0 Å². The molecule has 1 aromatic rings. The quantitative estimate of drug-likeness (QED) is 0.718. The van der Waals surface area contributed by atoms with Crippen molar-refractivity contribution >= 4 is 11.4 Å². The van der Waals surface area contributed by atoms with Crippen molar-refractivity contribution in [1.29, 1.82) is 0 Å². The van der Waals surface area contributed by atoms with Crippen molar-refractivity contribution in [3.8, 4) is 0 Å². The molecule has 2 nitrogen and oxygen atoms in total. The number of hydrogen-bond acceptors (Lipinski definition) is 2. The van der Waals surface area contributed by atoms with Crippen LogP contribution in [0, 0.1) is 0 Å². The molecule has 66 valence electrons. The lowest BCUT2D eigenvalue weighted by molar-refractivity contribution is 1.18. The molecule has 1 aromatic carbocycles. The average molecular weight is 166 g/mol.